The fourth-order valence-electron chi connectivity index (χ4n) is 4.30. The second-order valence-electron chi connectivity index (χ2n) is 7.88. The van der Waals surface area contributed by atoms with Gasteiger partial charge in [-0.05, 0) is 38.4 Å². The number of hydrogen-bond acceptors (Lipinski definition) is 5. The van der Waals surface area contributed by atoms with Crippen molar-refractivity contribution in [2.45, 2.75) is 26.7 Å². The van der Waals surface area contributed by atoms with Crippen molar-refractivity contribution < 1.29 is 14.3 Å². The van der Waals surface area contributed by atoms with Gasteiger partial charge in [-0.25, -0.2) is 0 Å². The van der Waals surface area contributed by atoms with Gasteiger partial charge in [0.15, 0.2) is 0 Å². The van der Waals surface area contributed by atoms with Crippen LogP contribution in [0, 0.1) is 11.8 Å². The Labute approximate surface area is 174 Å². The van der Waals surface area contributed by atoms with Crippen molar-refractivity contribution in [2.75, 3.05) is 51.3 Å². The number of amides is 2. The van der Waals surface area contributed by atoms with E-state index in [9.17, 15) is 9.59 Å². The van der Waals surface area contributed by atoms with Crippen LogP contribution in [0.2, 0.25) is 0 Å². The smallest absolute Gasteiger partial charge is 0.233 e. The normalized spacial score (nSPS) is 23.4. The molecule has 2 aliphatic heterocycles. The number of hydrogen-bond donors (Lipinski definition) is 0. The summed E-state index contributed by atoms with van der Waals surface area (Å²) in [4.78, 5) is 31.4. The topological polar surface area (TPSA) is 53.1 Å². The van der Waals surface area contributed by atoms with E-state index in [1.54, 1.807) is 7.11 Å². The zero-order valence-electron chi connectivity index (χ0n) is 17.8. The molecule has 2 saturated heterocycles. The quantitative estimate of drug-likeness (QED) is 0.497. The fourth-order valence-corrected chi connectivity index (χ4v) is 4.30. The van der Waals surface area contributed by atoms with E-state index in [4.69, 9.17) is 4.74 Å². The van der Waals surface area contributed by atoms with Crippen LogP contribution >= 0.6 is 0 Å². The summed E-state index contributed by atoms with van der Waals surface area (Å²) in [5.74, 6) is 0.506. The number of likely N-dealkylation sites (tertiary alicyclic amines) is 1. The second kappa shape index (κ2) is 9.92. The summed E-state index contributed by atoms with van der Waals surface area (Å²) in [7, 11) is 1.71. The Bertz CT molecular complexity index is 741. The van der Waals surface area contributed by atoms with Gasteiger partial charge in [0.25, 0.3) is 0 Å². The number of rotatable bonds is 8. The molecule has 2 unspecified atom stereocenters. The molecule has 6 nitrogen and oxygen atoms in total. The number of para-hydroxylation sites is 2. The summed E-state index contributed by atoms with van der Waals surface area (Å²) in [6.45, 7) is 9.10. The zero-order chi connectivity index (χ0) is 20.8. The minimum atomic E-state index is -0.205. The number of nitrogens with zero attached hydrogens (tertiary/aromatic N) is 3. The summed E-state index contributed by atoms with van der Waals surface area (Å²) in [6.07, 6.45) is 5.41. The van der Waals surface area contributed by atoms with Crippen molar-refractivity contribution in [2.24, 2.45) is 11.8 Å². The first kappa shape index (κ1) is 21.4. The number of ether oxygens (including phenoxy) is 1. The van der Waals surface area contributed by atoms with Gasteiger partial charge < -0.3 is 9.64 Å². The fraction of sp³-hybridized carbons (Fsp3) is 0.565. The van der Waals surface area contributed by atoms with Crippen LogP contribution in [0.1, 0.15) is 26.7 Å². The van der Waals surface area contributed by atoms with Crippen molar-refractivity contribution in [1.29, 1.82) is 0 Å². The Hall–Kier alpha value is -2.34. The van der Waals surface area contributed by atoms with E-state index in [0.717, 1.165) is 50.6 Å². The lowest BCUT2D eigenvalue weighted by Gasteiger charge is -2.36. The minimum absolute atomic E-state index is 0.00147. The first-order valence-electron chi connectivity index (χ1n) is 10.6. The summed E-state index contributed by atoms with van der Waals surface area (Å²) >= 11 is 0. The van der Waals surface area contributed by atoms with Crippen molar-refractivity contribution in [3.63, 3.8) is 0 Å². The molecule has 29 heavy (non-hydrogen) atoms. The lowest BCUT2D eigenvalue weighted by molar-refractivity contribution is -0.139. The third-order valence-electron chi connectivity index (χ3n) is 6.12. The minimum Gasteiger partial charge on any atom is -0.495 e. The standard InChI is InChI=1S/C23H33N3O3/c1-4-5-9-19-18(2)22(27)26(23(19)28)13-8-12-24-14-16-25(17-15-24)20-10-6-7-11-21(20)29-3/h4-7,10-11,18-19H,8-9,12-17H2,1-3H3. The molecule has 2 amide bonds. The van der Waals surface area contributed by atoms with Gasteiger partial charge in [-0.3, -0.25) is 19.4 Å². The second-order valence-corrected chi connectivity index (χ2v) is 7.88. The van der Waals surface area contributed by atoms with Crippen molar-refractivity contribution >= 4 is 17.5 Å². The SMILES string of the molecule is CC=CCC1C(=O)N(CCCN2CCN(c3ccccc3OC)CC2)C(=O)C1C. The number of methoxy groups -OCH3 is 1. The Kier molecular flexibility index (Phi) is 7.31. The Morgan fingerprint density at radius 2 is 1.79 bits per heavy atom. The summed E-state index contributed by atoms with van der Waals surface area (Å²) in [5, 5.41) is 0. The van der Waals surface area contributed by atoms with Gasteiger partial charge in [0.1, 0.15) is 5.75 Å². The monoisotopic (exact) mass is 399 g/mol. The van der Waals surface area contributed by atoms with Gasteiger partial charge in [0, 0.05) is 38.6 Å². The van der Waals surface area contributed by atoms with Gasteiger partial charge in [-0.1, -0.05) is 31.2 Å². The summed E-state index contributed by atoms with van der Waals surface area (Å²) in [6, 6.07) is 8.13. The molecule has 0 N–H and O–H groups in total. The van der Waals surface area contributed by atoms with Gasteiger partial charge >= 0.3 is 0 Å². The molecule has 1 aromatic carbocycles. The maximum atomic E-state index is 12.6. The predicted molar refractivity (Wildman–Crippen MR) is 115 cm³/mol. The maximum Gasteiger partial charge on any atom is 0.233 e. The molecule has 2 heterocycles. The molecule has 2 fully saturated rings. The van der Waals surface area contributed by atoms with Crippen LogP contribution in [-0.2, 0) is 9.59 Å². The average Bonchev–Trinajstić information content (AvgIpc) is 2.95. The number of piperazine rings is 1. The summed E-state index contributed by atoms with van der Waals surface area (Å²) < 4.78 is 5.48. The third-order valence-corrected chi connectivity index (χ3v) is 6.12. The first-order valence-corrected chi connectivity index (χ1v) is 10.6. The van der Waals surface area contributed by atoms with E-state index in [1.807, 2.05) is 44.2 Å². The van der Waals surface area contributed by atoms with Gasteiger partial charge in [-0.2, -0.15) is 0 Å². The van der Waals surface area contributed by atoms with Crippen LogP contribution in [0.3, 0.4) is 0 Å². The van der Waals surface area contributed by atoms with E-state index >= 15 is 0 Å². The molecule has 1 aromatic rings. The van der Waals surface area contributed by atoms with Crippen LogP contribution in [0.4, 0.5) is 5.69 Å². The molecule has 0 aromatic heterocycles. The number of carbonyl (C=O) groups is 2. The number of anilines is 1. The lowest BCUT2D eigenvalue weighted by atomic mass is 9.93. The molecular formula is C23H33N3O3. The van der Waals surface area contributed by atoms with E-state index in [0.29, 0.717) is 13.0 Å². The highest BCUT2D eigenvalue weighted by molar-refractivity contribution is 6.04. The van der Waals surface area contributed by atoms with Crippen molar-refractivity contribution in [3.05, 3.63) is 36.4 Å². The highest BCUT2D eigenvalue weighted by atomic mass is 16.5. The van der Waals surface area contributed by atoms with Crippen LogP contribution in [0.15, 0.2) is 36.4 Å². The van der Waals surface area contributed by atoms with Gasteiger partial charge in [0.2, 0.25) is 11.8 Å². The molecule has 158 valence electrons. The molecule has 0 bridgehead atoms. The Balaban J connectivity index is 1.45. The van der Waals surface area contributed by atoms with Crippen molar-refractivity contribution in [3.8, 4) is 5.75 Å². The molecule has 0 spiro atoms. The molecule has 2 aliphatic rings. The van der Waals surface area contributed by atoms with Crippen molar-refractivity contribution in [1.82, 2.24) is 9.80 Å². The molecule has 0 saturated carbocycles. The molecule has 3 rings (SSSR count). The maximum absolute atomic E-state index is 12.6. The molecule has 2 atom stereocenters. The van der Waals surface area contributed by atoms with Gasteiger partial charge in [-0.15, -0.1) is 0 Å². The zero-order valence-corrected chi connectivity index (χ0v) is 17.8. The number of carbonyl (C=O) groups excluding carboxylic acids is 2. The average molecular weight is 400 g/mol. The molecule has 0 aliphatic carbocycles. The first-order chi connectivity index (χ1) is 14.1. The summed E-state index contributed by atoms with van der Waals surface area (Å²) in [5.41, 5.74) is 1.14. The number of benzene rings is 1. The number of imide groups is 1. The van der Waals surface area contributed by atoms with E-state index in [1.165, 1.54) is 4.90 Å². The molecule has 6 heteroatoms. The van der Waals surface area contributed by atoms with Crippen LogP contribution in [-0.4, -0.2) is 68.0 Å². The van der Waals surface area contributed by atoms with Crippen LogP contribution in [0.25, 0.3) is 0 Å². The predicted octanol–water partition coefficient (Wildman–Crippen LogP) is 2.79. The molecular weight excluding hydrogens is 366 g/mol. The van der Waals surface area contributed by atoms with E-state index < -0.39 is 0 Å². The largest absolute Gasteiger partial charge is 0.495 e. The van der Waals surface area contributed by atoms with E-state index in [2.05, 4.69) is 15.9 Å². The van der Waals surface area contributed by atoms with E-state index in [-0.39, 0.29) is 23.7 Å². The molecule has 0 radical (unpaired) electrons. The highest BCUT2D eigenvalue weighted by Crippen LogP contribution is 2.30. The van der Waals surface area contributed by atoms with Crippen LogP contribution in [0.5, 0.6) is 5.75 Å². The lowest BCUT2D eigenvalue weighted by Crippen LogP contribution is -2.47. The third kappa shape index (κ3) is 4.81. The van der Waals surface area contributed by atoms with Gasteiger partial charge in [0.05, 0.1) is 18.7 Å². The number of allylic oxidation sites excluding steroid dienone is 2. The Morgan fingerprint density at radius 1 is 1.07 bits per heavy atom. The highest BCUT2D eigenvalue weighted by Gasteiger charge is 2.43. The Morgan fingerprint density at radius 3 is 2.48 bits per heavy atom. The van der Waals surface area contributed by atoms with Crippen LogP contribution < -0.4 is 9.64 Å².